The molecule has 0 aliphatic carbocycles. The molecule has 8 nitrogen and oxygen atoms in total. The molecule has 3 heterocycles. The van der Waals surface area contributed by atoms with Gasteiger partial charge in [-0.2, -0.15) is 0 Å². The Bertz CT molecular complexity index is 898. The highest BCUT2D eigenvalue weighted by Crippen LogP contribution is 2.26. The third-order valence-electron chi connectivity index (χ3n) is 3.67. The molecule has 0 aromatic carbocycles. The van der Waals surface area contributed by atoms with E-state index in [1.807, 2.05) is 26.8 Å². The summed E-state index contributed by atoms with van der Waals surface area (Å²) in [5, 5.41) is 17.2. The van der Waals surface area contributed by atoms with Crippen LogP contribution in [-0.4, -0.2) is 31.2 Å². The summed E-state index contributed by atoms with van der Waals surface area (Å²) >= 11 is 0. The molecule has 0 unspecified atom stereocenters. The number of rotatable bonds is 6. The Kier molecular flexibility index (Phi) is 4.60. The quantitative estimate of drug-likeness (QED) is 0.726. The van der Waals surface area contributed by atoms with Crippen LogP contribution < -0.4 is 0 Å². The van der Waals surface area contributed by atoms with Crippen molar-refractivity contribution in [3.8, 4) is 23.2 Å². The molecule has 0 radical (unpaired) electrons. The molecule has 3 aromatic heterocycles. The minimum Gasteiger partial charge on any atom is -0.481 e. The molecule has 25 heavy (non-hydrogen) atoms. The van der Waals surface area contributed by atoms with E-state index in [1.165, 1.54) is 6.26 Å². The number of aryl methyl sites for hydroxylation is 1. The smallest absolute Gasteiger partial charge is 0.309 e. The van der Waals surface area contributed by atoms with Crippen LogP contribution in [0.3, 0.4) is 0 Å². The summed E-state index contributed by atoms with van der Waals surface area (Å²) in [6, 6.07) is 1.83. The fraction of sp³-hybridized carbons (Fsp3) is 0.353. The van der Waals surface area contributed by atoms with Crippen LogP contribution in [0.25, 0.3) is 23.2 Å². The lowest BCUT2D eigenvalue weighted by molar-refractivity contribution is -0.136. The molecule has 3 aromatic rings. The normalized spacial score (nSPS) is 11.2. The van der Waals surface area contributed by atoms with Crippen LogP contribution in [-0.2, 0) is 17.6 Å². The summed E-state index contributed by atoms with van der Waals surface area (Å²) in [4.78, 5) is 19.4. The van der Waals surface area contributed by atoms with Crippen LogP contribution in [0.5, 0.6) is 0 Å². The number of carbonyl (C=O) groups is 1. The third kappa shape index (κ3) is 3.57. The summed E-state index contributed by atoms with van der Waals surface area (Å²) < 4.78 is 10.8. The van der Waals surface area contributed by atoms with Gasteiger partial charge < -0.3 is 13.9 Å². The Labute approximate surface area is 143 Å². The van der Waals surface area contributed by atoms with E-state index in [-0.39, 0.29) is 18.2 Å². The van der Waals surface area contributed by atoms with Crippen molar-refractivity contribution >= 4 is 5.97 Å². The van der Waals surface area contributed by atoms with Crippen molar-refractivity contribution in [2.75, 3.05) is 0 Å². The molecule has 0 atom stereocenters. The SMILES string of the molecule is CCc1cc(-c2nc(C(C)C)co2)nnc1-c1nc(CC(=O)O)co1. The summed E-state index contributed by atoms with van der Waals surface area (Å²) in [7, 11) is 0. The zero-order valence-electron chi connectivity index (χ0n) is 14.2. The summed E-state index contributed by atoms with van der Waals surface area (Å²) in [6.45, 7) is 6.04. The van der Waals surface area contributed by atoms with Crippen molar-refractivity contribution < 1.29 is 18.7 Å². The molecule has 0 spiro atoms. The van der Waals surface area contributed by atoms with Gasteiger partial charge in [-0.1, -0.05) is 20.8 Å². The number of aliphatic carboxylic acids is 1. The Morgan fingerprint density at radius 1 is 1.16 bits per heavy atom. The van der Waals surface area contributed by atoms with Gasteiger partial charge in [0.15, 0.2) is 5.69 Å². The fourth-order valence-corrected chi connectivity index (χ4v) is 2.31. The number of carboxylic acid groups (broad SMARTS) is 1. The highest BCUT2D eigenvalue weighted by Gasteiger charge is 2.18. The molecule has 0 saturated carbocycles. The maximum atomic E-state index is 10.8. The van der Waals surface area contributed by atoms with Gasteiger partial charge in [0.1, 0.15) is 18.2 Å². The lowest BCUT2D eigenvalue weighted by Crippen LogP contribution is -2.01. The van der Waals surface area contributed by atoms with Gasteiger partial charge in [0.05, 0.1) is 17.8 Å². The molecule has 0 fully saturated rings. The first kappa shape index (κ1) is 16.8. The van der Waals surface area contributed by atoms with E-state index in [2.05, 4.69) is 20.2 Å². The van der Waals surface area contributed by atoms with E-state index < -0.39 is 5.97 Å². The topological polar surface area (TPSA) is 115 Å². The third-order valence-corrected chi connectivity index (χ3v) is 3.67. The first-order valence-corrected chi connectivity index (χ1v) is 7.96. The maximum absolute atomic E-state index is 10.8. The van der Waals surface area contributed by atoms with Crippen molar-refractivity contribution in [2.24, 2.45) is 0 Å². The zero-order chi connectivity index (χ0) is 18.0. The van der Waals surface area contributed by atoms with Crippen LogP contribution in [0.15, 0.2) is 27.4 Å². The van der Waals surface area contributed by atoms with Crippen LogP contribution in [0.4, 0.5) is 0 Å². The van der Waals surface area contributed by atoms with E-state index in [0.717, 1.165) is 11.3 Å². The summed E-state index contributed by atoms with van der Waals surface area (Å²) in [5.41, 5.74) is 3.07. The number of hydrogen-bond acceptors (Lipinski definition) is 7. The predicted octanol–water partition coefficient (Wildman–Crippen LogP) is 3.10. The highest BCUT2D eigenvalue weighted by molar-refractivity contribution is 5.69. The van der Waals surface area contributed by atoms with E-state index >= 15 is 0 Å². The maximum Gasteiger partial charge on any atom is 0.309 e. The van der Waals surface area contributed by atoms with Crippen molar-refractivity contribution in [1.82, 2.24) is 20.2 Å². The minimum atomic E-state index is -0.971. The second kappa shape index (κ2) is 6.84. The van der Waals surface area contributed by atoms with Crippen molar-refractivity contribution in [2.45, 2.75) is 39.5 Å². The van der Waals surface area contributed by atoms with Gasteiger partial charge in [0.2, 0.25) is 11.8 Å². The second-order valence-electron chi connectivity index (χ2n) is 5.90. The van der Waals surface area contributed by atoms with E-state index in [4.69, 9.17) is 13.9 Å². The number of carboxylic acids is 1. The van der Waals surface area contributed by atoms with E-state index in [9.17, 15) is 4.79 Å². The van der Waals surface area contributed by atoms with Crippen LogP contribution in [0.2, 0.25) is 0 Å². The molecule has 130 valence electrons. The van der Waals surface area contributed by atoms with Gasteiger partial charge in [-0.15, -0.1) is 10.2 Å². The first-order valence-electron chi connectivity index (χ1n) is 7.96. The molecule has 0 amide bonds. The standard InChI is InChI=1S/C17H18N4O4/c1-4-10-5-12(16-19-13(8-25-16)9(2)3)20-21-15(10)17-18-11(7-24-17)6-14(22)23/h5,7-9H,4,6H2,1-3H3,(H,22,23). The average Bonchev–Trinajstić information content (AvgIpc) is 3.23. The molecule has 0 saturated heterocycles. The molecule has 8 heteroatoms. The lowest BCUT2D eigenvalue weighted by atomic mass is 10.1. The fourth-order valence-electron chi connectivity index (χ4n) is 2.31. The molecular weight excluding hydrogens is 324 g/mol. The van der Waals surface area contributed by atoms with Gasteiger partial charge in [-0.3, -0.25) is 4.79 Å². The number of oxazole rings is 2. The van der Waals surface area contributed by atoms with Crippen molar-refractivity contribution in [1.29, 1.82) is 0 Å². The highest BCUT2D eigenvalue weighted by atomic mass is 16.4. The minimum absolute atomic E-state index is 0.204. The molecule has 0 aliphatic rings. The van der Waals surface area contributed by atoms with Gasteiger partial charge in [0, 0.05) is 0 Å². The van der Waals surface area contributed by atoms with E-state index in [0.29, 0.717) is 29.4 Å². The molecule has 3 rings (SSSR count). The number of aromatic nitrogens is 4. The van der Waals surface area contributed by atoms with Crippen LogP contribution in [0, 0.1) is 0 Å². The van der Waals surface area contributed by atoms with Crippen molar-refractivity contribution in [3.63, 3.8) is 0 Å². The van der Waals surface area contributed by atoms with E-state index in [1.54, 1.807) is 6.26 Å². The lowest BCUT2D eigenvalue weighted by Gasteiger charge is -2.03. The van der Waals surface area contributed by atoms with Gasteiger partial charge in [-0.25, -0.2) is 9.97 Å². The van der Waals surface area contributed by atoms with Crippen molar-refractivity contribution in [3.05, 3.63) is 35.5 Å². The summed E-state index contributed by atoms with van der Waals surface area (Å²) in [5.74, 6) is -0.0453. The Balaban J connectivity index is 1.94. The molecule has 1 N–H and O–H groups in total. The Morgan fingerprint density at radius 2 is 1.92 bits per heavy atom. The first-order chi connectivity index (χ1) is 12.0. The second-order valence-corrected chi connectivity index (χ2v) is 5.90. The number of hydrogen-bond donors (Lipinski definition) is 1. The largest absolute Gasteiger partial charge is 0.481 e. The van der Waals surface area contributed by atoms with Gasteiger partial charge in [-0.05, 0) is 24.0 Å². The summed E-state index contributed by atoms with van der Waals surface area (Å²) in [6.07, 6.45) is 3.41. The monoisotopic (exact) mass is 342 g/mol. The Morgan fingerprint density at radius 3 is 2.56 bits per heavy atom. The van der Waals surface area contributed by atoms with Crippen LogP contribution >= 0.6 is 0 Å². The number of nitrogens with zero attached hydrogens (tertiary/aromatic N) is 4. The molecule has 0 aliphatic heterocycles. The average molecular weight is 342 g/mol. The molecule has 0 bridgehead atoms. The Hall–Kier alpha value is -3.03. The predicted molar refractivity (Wildman–Crippen MR) is 87.8 cm³/mol. The van der Waals surface area contributed by atoms with Gasteiger partial charge in [0.25, 0.3) is 0 Å². The zero-order valence-corrected chi connectivity index (χ0v) is 14.2. The molecular formula is C17H18N4O4. The van der Waals surface area contributed by atoms with Gasteiger partial charge >= 0.3 is 5.97 Å². The van der Waals surface area contributed by atoms with Crippen LogP contribution in [0.1, 0.15) is 43.6 Å².